The minimum absolute atomic E-state index is 0.174. The number of amides is 1. The molecule has 0 saturated heterocycles. The third-order valence-corrected chi connectivity index (χ3v) is 1.99. The summed E-state index contributed by atoms with van der Waals surface area (Å²) < 4.78 is 0. The van der Waals surface area contributed by atoms with Gasteiger partial charge in [-0.2, -0.15) is 0 Å². The molecule has 6 nitrogen and oxygen atoms in total. The largest absolute Gasteiger partial charge is 0.481 e. The molecule has 0 bridgehead atoms. The number of rotatable bonds is 9. The second-order valence-corrected chi connectivity index (χ2v) is 3.52. The summed E-state index contributed by atoms with van der Waals surface area (Å²) in [7, 11) is 0. The Hall–Kier alpha value is -1.85. The number of hydrogen-bond acceptors (Lipinski definition) is 3. The number of aliphatic carboxylic acids is 2. The number of nitrogens with one attached hydrogen (secondary N) is 1. The summed E-state index contributed by atoms with van der Waals surface area (Å²) in [6.07, 6.45) is 4.97. The van der Waals surface area contributed by atoms with Gasteiger partial charge in [-0.25, -0.2) is 4.79 Å². The first-order valence-corrected chi connectivity index (χ1v) is 5.43. The maximum Gasteiger partial charge on any atom is 0.328 e. The molecule has 3 N–H and O–H groups in total. The molecule has 0 aromatic carbocycles. The third kappa shape index (κ3) is 12.1. The quantitative estimate of drug-likeness (QED) is 0.410. The zero-order valence-corrected chi connectivity index (χ0v) is 9.52. The molecule has 0 aliphatic rings. The van der Waals surface area contributed by atoms with Crippen LogP contribution >= 0.6 is 0 Å². The van der Waals surface area contributed by atoms with E-state index in [0.717, 1.165) is 31.4 Å². The van der Waals surface area contributed by atoms with Crippen LogP contribution in [-0.4, -0.2) is 34.6 Å². The fraction of sp³-hybridized carbons (Fsp3) is 0.545. The van der Waals surface area contributed by atoms with Gasteiger partial charge in [0.05, 0.1) is 0 Å². The number of carbonyl (C=O) groups excluding carboxylic acids is 1. The van der Waals surface area contributed by atoms with Crippen LogP contribution in [0.15, 0.2) is 12.2 Å². The van der Waals surface area contributed by atoms with Crippen molar-refractivity contribution in [1.82, 2.24) is 5.32 Å². The molecular weight excluding hydrogens is 226 g/mol. The summed E-state index contributed by atoms with van der Waals surface area (Å²) >= 11 is 0. The Morgan fingerprint density at radius 2 is 1.59 bits per heavy atom. The molecule has 0 aromatic heterocycles. The maximum absolute atomic E-state index is 11.0. The average molecular weight is 243 g/mol. The van der Waals surface area contributed by atoms with Crippen molar-refractivity contribution >= 4 is 17.8 Å². The van der Waals surface area contributed by atoms with E-state index in [0.29, 0.717) is 13.0 Å². The standard InChI is InChI=1S/C11H17NO5/c13-9(6-7-11(16)17)12-8-4-2-1-3-5-10(14)15/h6-7H,1-5,8H2,(H,12,13)(H,14,15)(H,16,17)/b7-6-. The van der Waals surface area contributed by atoms with Gasteiger partial charge >= 0.3 is 11.9 Å². The van der Waals surface area contributed by atoms with Gasteiger partial charge in [-0.1, -0.05) is 12.8 Å². The van der Waals surface area contributed by atoms with Crippen molar-refractivity contribution in [3.8, 4) is 0 Å². The molecular formula is C11H17NO5. The van der Waals surface area contributed by atoms with Gasteiger partial charge in [0.15, 0.2) is 0 Å². The van der Waals surface area contributed by atoms with E-state index in [1.54, 1.807) is 0 Å². The smallest absolute Gasteiger partial charge is 0.328 e. The fourth-order valence-electron chi connectivity index (χ4n) is 1.17. The van der Waals surface area contributed by atoms with Gasteiger partial charge in [0, 0.05) is 25.1 Å². The van der Waals surface area contributed by atoms with Crippen LogP contribution in [0.3, 0.4) is 0 Å². The van der Waals surface area contributed by atoms with Crippen molar-refractivity contribution in [2.75, 3.05) is 6.54 Å². The molecule has 0 saturated carbocycles. The Kier molecular flexibility index (Phi) is 8.36. The number of carboxylic acids is 2. The van der Waals surface area contributed by atoms with Crippen molar-refractivity contribution in [2.24, 2.45) is 0 Å². The second-order valence-electron chi connectivity index (χ2n) is 3.52. The summed E-state index contributed by atoms with van der Waals surface area (Å²) in [6, 6.07) is 0. The lowest BCUT2D eigenvalue weighted by molar-refractivity contribution is -0.137. The van der Waals surface area contributed by atoms with Crippen LogP contribution in [-0.2, 0) is 14.4 Å². The van der Waals surface area contributed by atoms with Crippen LogP contribution in [0.25, 0.3) is 0 Å². The van der Waals surface area contributed by atoms with Crippen molar-refractivity contribution < 1.29 is 24.6 Å². The Balaban J connectivity index is 3.36. The topological polar surface area (TPSA) is 104 Å². The van der Waals surface area contributed by atoms with Crippen molar-refractivity contribution in [1.29, 1.82) is 0 Å². The molecule has 1 amide bonds. The van der Waals surface area contributed by atoms with Gasteiger partial charge in [0.25, 0.3) is 0 Å². The van der Waals surface area contributed by atoms with Crippen molar-refractivity contribution in [3.05, 3.63) is 12.2 Å². The predicted molar refractivity (Wildman–Crippen MR) is 60.5 cm³/mol. The summed E-state index contributed by atoms with van der Waals surface area (Å²) in [5.41, 5.74) is 0. The predicted octanol–water partition coefficient (Wildman–Crippen LogP) is 0.778. The monoisotopic (exact) mass is 243 g/mol. The molecule has 0 aliphatic carbocycles. The van der Waals surface area contributed by atoms with Gasteiger partial charge in [0.2, 0.25) is 5.91 Å². The fourth-order valence-corrected chi connectivity index (χ4v) is 1.17. The number of carbonyl (C=O) groups is 3. The zero-order chi connectivity index (χ0) is 13.1. The highest BCUT2D eigenvalue weighted by molar-refractivity contribution is 5.93. The molecule has 0 spiro atoms. The van der Waals surface area contributed by atoms with E-state index in [2.05, 4.69) is 5.32 Å². The average Bonchev–Trinajstić information content (AvgIpc) is 2.24. The van der Waals surface area contributed by atoms with Crippen LogP contribution in [0.2, 0.25) is 0 Å². The van der Waals surface area contributed by atoms with E-state index in [9.17, 15) is 14.4 Å². The van der Waals surface area contributed by atoms with Gasteiger partial charge in [0.1, 0.15) is 0 Å². The zero-order valence-electron chi connectivity index (χ0n) is 9.52. The molecule has 0 rings (SSSR count). The van der Waals surface area contributed by atoms with E-state index in [1.165, 1.54) is 0 Å². The third-order valence-electron chi connectivity index (χ3n) is 1.99. The van der Waals surface area contributed by atoms with Crippen LogP contribution < -0.4 is 5.32 Å². The molecule has 6 heteroatoms. The highest BCUT2D eigenvalue weighted by Crippen LogP contribution is 2.01. The van der Waals surface area contributed by atoms with E-state index in [-0.39, 0.29) is 6.42 Å². The Bertz CT molecular complexity index is 298. The molecule has 96 valence electrons. The van der Waals surface area contributed by atoms with Gasteiger partial charge < -0.3 is 15.5 Å². The Morgan fingerprint density at radius 1 is 0.941 bits per heavy atom. The van der Waals surface area contributed by atoms with Crippen molar-refractivity contribution in [3.63, 3.8) is 0 Å². The summed E-state index contributed by atoms with van der Waals surface area (Å²) in [5.74, 6) is -2.39. The SMILES string of the molecule is O=C(O)/C=C\C(=O)NCCCCCCC(=O)O. The van der Waals surface area contributed by atoms with Gasteiger partial charge in [-0.15, -0.1) is 0 Å². The molecule has 0 aromatic rings. The van der Waals surface area contributed by atoms with E-state index >= 15 is 0 Å². The molecule has 0 unspecified atom stereocenters. The summed E-state index contributed by atoms with van der Waals surface area (Å²) in [6.45, 7) is 0.468. The lowest BCUT2D eigenvalue weighted by Gasteiger charge is -2.01. The molecule has 0 atom stereocenters. The highest BCUT2D eigenvalue weighted by atomic mass is 16.4. The Morgan fingerprint density at radius 3 is 2.18 bits per heavy atom. The van der Waals surface area contributed by atoms with Crippen LogP contribution in [0.4, 0.5) is 0 Å². The summed E-state index contributed by atoms with van der Waals surface area (Å²) in [4.78, 5) is 31.3. The maximum atomic E-state index is 11.0. The van der Waals surface area contributed by atoms with Crippen molar-refractivity contribution in [2.45, 2.75) is 32.1 Å². The minimum Gasteiger partial charge on any atom is -0.481 e. The first kappa shape index (κ1) is 15.2. The normalized spacial score (nSPS) is 10.4. The molecule has 0 fully saturated rings. The summed E-state index contributed by atoms with van der Waals surface area (Å²) in [5, 5.41) is 19.2. The first-order valence-electron chi connectivity index (χ1n) is 5.43. The number of carboxylic acid groups (broad SMARTS) is 2. The van der Waals surface area contributed by atoms with Crippen LogP contribution in [0.1, 0.15) is 32.1 Å². The highest BCUT2D eigenvalue weighted by Gasteiger charge is 1.98. The van der Waals surface area contributed by atoms with Crippen LogP contribution in [0.5, 0.6) is 0 Å². The van der Waals surface area contributed by atoms with Gasteiger partial charge in [-0.05, 0) is 12.8 Å². The molecule has 0 aliphatic heterocycles. The Labute approximate surface area is 99.3 Å². The van der Waals surface area contributed by atoms with E-state index in [4.69, 9.17) is 10.2 Å². The second kappa shape index (κ2) is 9.38. The molecule has 0 heterocycles. The first-order chi connectivity index (χ1) is 8.02. The lowest BCUT2D eigenvalue weighted by Crippen LogP contribution is -2.22. The van der Waals surface area contributed by atoms with E-state index in [1.807, 2.05) is 0 Å². The van der Waals surface area contributed by atoms with E-state index < -0.39 is 17.8 Å². The van der Waals surface area contributed by atoms with Crippen LogP contribution in [0, 0.1) is 0 Å². The molecule has 0 radical (unpaired) electrons. The number of unbranched alkanes of at least 4 members (excludes halogenated alkanes) is 3. The molecule has 17 heavy (non-hydrogen) atoms. The number of hydrogen-bond donors (Lipinski definition) is 3. The van der Waals surface area contributed by atoms with Gasteiger partial charge in [-0.3, -0.25) is 9.59 Å². The minimum atomic E-state index is -1.16. The lowest BCUT2D eigenvalue weighted by atomic mass is 10.1.